The SMILES string of the molecule is CC#CCOc1ccc(C[C@H](NC(=O)[C@@H](/C=C/CCCCCCC2(CCCCCCC)OCCO2)[C@](O)(CCO[Si](C)(C)C(C)(C)C)C(=O)OC(C)(C)C)C(=O)OC)cc1. The molecule has 2 N–H and O–H groups in total. The van der Waals surface area contributed by atoms with Gasteiger partial charge in [-0.1, -0.05) is 96.4 Å². The van der Waals surface area contributed by atoms with Gasteiger partial charge < -0.3 is 38.5 Å². The minimum atomic E-state index is -2.32. The van der Waals surface area contributed by atoms with Crippen molar-refractivity contribution in [3.05, 3.63) is 42.0 Å². The zero-order valence-corrected chi connectivity index (χ0v) is 40.0. The molecule has 0 aliphatic carbocycles. The molecule has 1 aliphatic rings. The number of hydrogen-bond acceptors (Lipinski definition) is 10. The number of methoxy groups -OCH3 is 1. The van der Waals surface area contributed by atoms with Gasteiger partial charge in [-0.25, -0.2) is 9.59 Å². The van der Waals surface area contributed by atoms with Crippen molar-refractivity contribution < 1.29 is 47.6 Å². The van der Waals surface area contributed by atoms with E-state index in [1.165, 1.54) is 32.8 Å². The van der Waals surface area contributed by atoms with E-state index in [9.17, 15) is 19.5 Å². The van der Waals surface area contributed by atoms with Crippen LogP contribution in [0.5, 0.6) is 5.75 Å². The van der Waals surface area contributed by atoms with E-state index in [4.69, 9.17) is 28.1 Å². The molecule has 0 unspecified atom stereocenters. The third kappa shape index (κ3) is 18.4. The molecule has 11 nitrogen and oxygen atoms in total. The molecule has 12 heteroatoms. The number of carbonyl (C=O) groups excluding carboxylic acids is 3. The standard InChI is InChI=1S/C48H79NO10Si/c1-12-14-16-20-23-30-47(56-35-36-57-47)31-24-21-18-17-19-22-25-40(48(53,44(52)59-45(3,4)5)32-34-58-60(10,11)46(6,7)8)42(50)49-41(43(51)54-9)37-38-26-28-39(29-27-38)55-33-15-13-2/h22,25-29,40-41,53H,12,14,16-21,23-24,30-37H2,1-11H3,(H,49,50)/b25-22+/t40-,41+,48-/m1/s1. The monoisotopic (exact) mass is 858 g/mol. The van der Waals surface area contributed by atoms with Gasteiger partial charge in [-0.15, -0.1) is 5.92 Å². The van der Waals surface area contributed by atoms with Crippen molar-refractivity contribution in [1.29, 1.82) is 0 Å². The summed E-state index contributed by atoms with van der Waals surface area (Å²) in [5.74, 6) is 2.06. The molecule has 1 aromatic carbocycles. The van der Waals surface area contributed by atoms with E-state index in [0.717, 1.165) is 50.5 Å². The van der Waals surface area contributed by atoms with Gasteiger partial charge in [-0.05, 0) is 89.2 Å². The highest BCUT2D eigenvalue weighted by atomic mass is 28.4. The number of esters is 2. The van der Waals surface area contributed by atoms with E-state index >= 15 is 0 Å². The molecule has 340 valence electrons. The average molecular weight is 858 g/mol. The minimum absolute atomic E-state index is 0.0240. The third-order valence-corrected chi connectivity index (χ3v) is 16.0. The van der Waals surface area contributed by atoms with Gasteiger partial charge in [0.15, 0.2) is 19.7 Å². The van der Waals surface area contributed by atoms with Crippen molar-refractivity contribution in [1.82, 2.24) is 5.32 Å². The summed E-state index contributed by atoms with van der Waals surface area (Å²) in [6, 6.07) is 6.01. The number of amides is 1. The predicted molar refractivity (Wildman–Crippen MR) is 240 cm³/mol. The largest absolute Gasteiger partial charge is 0.481 e. The minimum Gasteiger partial charge on any atom is -0.481 e. The van der Waals surface area contributed by atoms with Gasteiger partial charge in [0, 0.05) is 32.3 Å². The fourth-order valence-electron chi connectivity index (χ4n) is 6.79. The molecule has 0 aromatic heterocycles. The van der Waals surface area contributed by atoms with E-state index in [-0.39, 0.29) is 31.1 Å². The summed E-state index contributed by atoms with van der Waals surface area (Å²) in [5, 5.41) is 15.2. The van der Waals surface area contributed by atoms with Crippen LogP contribution in [0.1, 0.15) is 144 Å². The molecule has 2 rings (SSSR count). The highest BCUT2D eigenvalue weighted by molar-refractivity contribution is 6.74. The van der Waals surface area contributed by atoms with Crippen LogP contribution >= 0.6 is 0 Å². The second kappa shape index (κ2) is 25.7. The molecular formula is C48H79NO10Si. The van der Waals surface area contributed by atoms with Crippen LogP contribution in [0.3, 0.4) is 0 Å². The van der Waals surface area contributed by atoms with Crippen LogP contribution in [-0.2, 0) is 44.2 Å². The van der Waals surface area contributed by atoms with Crippen molar-refractivity contribution in [3.8, 4) is 17.6 Å². The Morgan fingerprint density at radius 2 is 1.53 bits per heavy atom. The molecule has 0 spiro atoms. The van der Waals surface area contributed by atoms with E-state index in [2.05, 4.69) is 57.9 Å². The fourth-order valence-corrected chi connectivity index (χ4v) is 7.84. The topological polar surface area (TPSA) is 139 Å². The summed E-state index contributed by atoms with van der Waals surface area (Å²) in [6.45, 7) is 21.2. The van der Waals surface area contributed by atoms with Crippen molar-refractivity contribution in [3.63, 3.8) is 0 Å². The second-order valence-electron chi connectivity index (χ2n) is 18.6. The Balaban J connectivity index is 2.31. The fraction of sp³-hybridized carbons (Fsp3) is 0.729. The number of nitrogens with one attached hydrogen (secondary N) is 1. The summed E-state index contributed by atoms with van der Waals surface area (Å²) in [5.41, 5.74) is -2.53. The molecule has 1 amide bonds. The molecular weight excluding hydrogens is 779 g/mol. The van der Waals surface area contributed by atoms with Crippen LogP contribution in [0.4, 0.5) is 0 Å². The maximum Gasteiger partial charge on any atom is 0.339 e. The molecule has 0 bridgehead atoms. The maximum atomic E-state index is 14.5. The Kier molecular flexibility index (Phi) is 22.6. The van der Waals surface area contributed by atoms with E-state index in [1.54, 1.807) is 58.0 Å². The van der Waals surface area contributed by atoms with Crippen LogP contribution in [0.2, 0.25) is 18.1 Å². The third-order valence-electron chi connectivity index (χ3n) is 11.4. The van der Waals surface area contributed by atoms with Crippen LogP contribution in [0, 0.1) is 17.8 Å². The van der Waals surface area contributed by atoms with Gasteiger partial charge in [0.1, 0.15) is 24.0 Å². The van der Waals surface area contributed by atoms with Crippen LogP contribution in [-0.4, -0.2) is 87.8 Å². The van der Waals surface area contributed by atoms with Gasteiger partial charge >= 0.3 is 11.9 Å². The highest BCUT2D eigenvalue weighted by Crippen LogP contribution is 2.38. The average Bonchev–Trinajstić information content (AvgIpc) is 3.64. The summed E-state index contributed by atoms with van der Waals surface area (Å²) >= 11 is 0. The molecule has 0 saturated carbocycles. The number of benzene rings is 1. The smallest absolute Gasteiger partial charge is 0.339 e. The normalized spacial score (nSPS) is 16.3. The van der Waals surface area contributed by atoms with Crippen molar-refractivity contribution >= 4 is 26.2 Å². The lowest BCUT2D eigenvalue weighted by atomic mass is 9.82. The number of ether oxygens (including phenoxy) is 5. The van der Waals surface area contributed by atoms with Gasteiger partial charge in [0.25, 0.3) is 0 Å². The van der Waals surface area contributed by atoms with Crippen LogP contribution in [0.15, 0.2) is 36.4 Å². The predicted octanol–water partition coefficient (Wildman–Crippen LogP) is 9.39. The van der Waals surface area contributed by atoms with Gasteiger partial charge in [-0.2, -0.15) is 0 Å². The summed E-state index contributed by atoms with van der Waals surface area (Å²) in [6.07, 6.45) is 15.5. The Hall–Kier alpha value is -3.21. The van der Waals surface area contributed by atoms with E-state index < -0.39 is 55.1 Å². The summed E-state index contributed by atoms with van der Waals surface area (Å²) in [4.78, 5) is 41.7. The first kappa shape index (κ1) is 52.9. The molecule has 1 heterocycles. The molecule has 3 atom stereocenters. The van der Waals surface area contributed by atoms with Crippen molar-refractivity contribution in [2.24, 2.45) is 5.92 Å². The maximum absolute atomic E-state index is 14.5. The lowest BCUT2D eigenvalue weighted by molar-refractivity contribution is -0.185. The van der Waals surface area contributed by atoms with Crippen LogP contribution < -0.4 is 10.1 Å². The van der Waals surface area contributed by atoms with Crippen LogP contribution in [0.25, 0.3) is 0 Å². The Labute approximate surface area is 363 Å². The number of aliphatic hydroxyl groups is 1. The van der Waals surface area contributed by atoms with Gasteiger partial charge in [0.2, 0.25) is 5.91 Å². The Morgan fingerprint density at radius 1 is 0.933 bits per heavy atom. The number of allylic oxidation sites excluding steroid dienone is 1. The first-order valence-corrected chi connectivity index (χ1v) is 25.2. The molecule has 1 aromatic rings. The summed E-state index contributed by atoms with van der Waals surface area (Å²) in [7, 11) is -1.05. The second-order valence-corrected chi connectivity index (χ2v) is 23.4. The Morgan fingerprint density at radius 3 is 2.08 bits per heavy atom. The number of unbranched alkanes of at least 4 members (excludes halogenated alkanes) is 8. The van der Waals surface area contributed by atoms with E-state index in [1.807, 2.05) is 6.08 Å². The lowest BCUT2D eigenvalue weighted by Gasteiger charge is -2.38. The zero-order valence-electron chi connectivity index (χ0n) is 39.0. The molecule has 1 aliphatic heterocycles. The van der Waals surface area contributed by atoms with Crippen molar-refractivity contribution in [2.75, 3.05) is 33.5 Å². The quantitative estimate of drug-likeness (QED) is 0.0289. The van der Waals surface area contributed by atoms with Crippen molar-refractivity contribution in [2.45, 2.75) is 186 Å². The molecule has 1 fully saturated rings. The number of rotatable bonds is 27. The van der Waals surface area contributed by atoms with E-state index in [0.29, 0.717) is 25.4 Å². The van der Waals surface area contributed by atoms with Gasteiger partial charge in [0.05, 0.1) is 26.2 Å². The number of hydrogen-bond donors (Lipinski definition) is 2. The first-order valence-electron chi connectivity index (χ1n) is 22.3. The summed E-state index contributed by atoms with van der Waals surface area (Å²) < 4.78 is 35.2. The first-order chi connectivity index (χ1) is 28.2. The lowest BCUT2D eigenvalue weighted by Crippen LogP contribution is -2.57. The zero-order chi connectivity index (χ0) is 44.9. The number of carbonyl (C=O) groups is 3. The molecule has 60 heavy (non-hydrogen) atoms. The molecule has 0 radical (unpaired) electrons. The Bertz CT molecular complexity index is 1530. The van der Waals surface area contributed by atoms with Gasteiger partial charge in [-0.3, -0.25) is 4.79 Å². The molecule has 1 saturated heterocycles. The highest BCUT2D eigenvalue weighted by Gasteiger charge is 2.50.